The molecule has 0 radical (unpaired) electrons. The minimum Gasteiger partial charge on any atom is -0.268 e. The van der Waals surface area contributed by atoms with E-state index in [1.807, 2.05) is 0 Å². The SMILES string of the molecule is CCCCCCCC1[C-]=Cc2ccccc21.Cc1c(C)c(C)[c-](C)c1C.[Hf]. The Morgan fingerprint density at radius 2 is 1.48 bits per heavy atom. The smallest absolute Gasteiger partial charge is 0 e. The molecular formula is C26H36Hf-2. The van der Waals surface area contributed by atoms with Crippen LogP contribution in [0.15, 0.2) is 24.3 Å². The van der Waals surface area contributed by atoms with Crippen LogP contribution in [0.1, 0.15) is 90.3 Å². The van der Waals surface area contributed by atoms with Crippen molar-refractivity contribution in [1.29, 1.82) is 0 Å². The summed E-state index contributed by atoms with van der Waals surface area (Å²) in [6.07, 6.45) is 13.8. The summed E-state index contributed by atoms with van der Waals surface area (Å²) in [4.78, 5) is 0. The molecule has 0 aromatic heterocycles. The van der Waals surface area contributed by atoms with Crippen molar-refractivity contribution in [1.82, 2.24) is 0 Å². The van der Waals surface area contributed by atoms with Gasteiger partial charge in [-0.1, -0.05) is 104 Å². The summed E-state index contributed by atoms with van der Waals surface area (Å²) < 4.78 is 0. The topological polar surface area (TPSA) is 0 Å². The molecule has 0 N–H and O–H groups in total. The first-order valence-electron chi connectivity index (χ1n) is 10.3. The molecule has 146 valence electrons. The van der Waals surface area contributed by atoms with E-state index < -0.39 is 0 Å². The van der Waals surface area contributed by atoms with Crippen LogP contribution in [0.25, 0.3) is 6.08 Å². The molecule has 0 fully saturated rings. The van der Waals surface area contributed by atoms with Gasteiger partial charge in [0.05, 0.1) is 0 Å². The average Bonchev–Trinajstić information content (AvgIpc) is 3.14. The molecule has 1 unspecified atom stereocenters. The summed E-state index contributed by atoms with van der Waals surface area (Å²) in [6, 6.07) is 8.70. The van der Waals surface area contributed by atoms with E-state index in [1.165, 1.54) is 77.5 Å². The summed E-state index contributed by atoms with van der Waals surface area (Å²) in [5, 5.41) is 0. The first-order valence-corrected chi connectivity index (χ1v) is 10.3. The van der Waals surface area contributed by atoms with Gasteiger partial charge in [0, 0.05) is 25.8 Å². The van der Waals surface area contributed by atoms with Gasteiger partial charge >= 0.3 is 0 Å². The van der Waals surface area contributed by atoms with Crippen molar-refractivity contribution in [2.45, 2.75) is 86.0 Å². The van der Waals surface area contributed by atoms with Gasteiger partial charge in [-0.25, -0.2) is 6.08 Å². The molecule has 1 aliphatic rings. The number of allylic oxidation sites excluding steroid dienone is 1. The van der Waals surface area contributed by atoms with E-state index in [2.05, 4.69) is 78.0 Å². The van der Waals surface area contributed by atoms with Crippen LogP contribution < -0.4 is 0 Å². The van der Waals surface area contributed by atoms with Gasteiger partial charge in [-0.15, -0.1) is 11.6 Å². The number of fused-ring (bicyclic) bond motifs is 1. The van der Waals surface area contributed by atoms with E-state index in [1.54, 1.807) is 0 Å². The Hall–Kier alpha value is -0.820. The molecule has 1 atom stereocenters. The van der Waals surface area contributed by atoms with Crippen molar-refractivity contribution >= 4 is 6.08 Å². The van der Waals surface area contributed by atoms with E-state index in [0.29, 0.717) is 5.92 Å². The van der Waals surface area contributed by atoms with Gasteiger partial charge < -0.3 is 0 Å². The second-order valence-electron chi connectivity index (χ2n) is 7.82. The molecule has 0 saturated carbocycles. The van der Waals surface area contributed by atoms with Crippen LogP contribution >= 0.6 is 0 Å². The molecule has 2 aromatic rings. The molecule has 27 heavy (non-hydrogen) atoms. The van der Waals surface area contributed by atoms with Crippen molar-refractivity contribution < 1.29 is 25.8 Å². The van der Waals surface area contributed by atoms with Crippen molar-refractivity contribution in [3.63, 3.8) is 0 Å². The molecule has 0 heterocycles. The van der Waals surface area contributed by atoms with Gasteiger partial charge in [0.25, 0.3) is 0 Å². The van der Waals surface area contributed by atoms with Gasteiger partial charge in [0.15, 0.2) is 0 Å². The standard InChI is InChI=1S/C16H21.C10H15.Hf/c1-2-3-4-5-6-9-14-12-13-15-10-7-8-11-16(14)15;1-6-7(2)9(4)10(5)8(6)3;/h7-8,10-11,13-14H,2-6,9H2,1H3;1-5H3;/q2*-1;. The normalized spacial score (nSPS) is 14.4. The Morgan fingerprint density at radius 3 is 2.04 bits per heavy atom. The fourth-order valence-corrected chi connectivity index (χ4v) is 3.84. The zero-order chi connectivity index (χ0) is 19.1. The molecular weight excluding hydrogens is 491 g/mol. The molecule has 1 aliphatic carbocycles. The van der Waals surface area contributed by atoms with Gasteiger partial charge in [0.2, 0.25) is 0 Å². The minimum atomic E-state index is 0. The van der Waals surface area contributed by atoms with Gasteiger partial charge in [-0.2, -0.15) is 33.4 Å². The molecule has 0 amide bonds. The van der Waals surface area contributed by atoms with E-state index in [9.17, 15) is 0 Å². The Bertz CT molecular complexity index is 653. The third kappa shape index (κ3) is 6.34. The molecule has 0 bridgehead atoms. The summed E-state index contributed by atoms with van der Waals surface area (Å²) in [6.45, 7) is 13.3. The molecule has 0 spiro atoms. The number of rotatable bonds is 6. The molecule has 3 rings (SSSR count). The predicted octanol–water partition coefficient (Wildman–Crippen LogP) is 7.91. The van der Waals surface area contributed by atoms with Crippen LogP contribution in [0.5, 0.6) is 0 Å². The van der Waals surface area contributed by atoms with Crippen molar-refractivity contribution in [2.24, 2.45) is 0 Å². The monoisotopic (exact) mass is 528 g/mol. The van der Waals surface area contributed by atoms with Crippen LogP contribution in [0.3, 0.4) is 0 Å². The maximum absolute atomic E-state index is 3.49. The van der Waals surface area contributed by atoms with E-state index in [4.69, 9.17) is 0 Å². The van der Waals surface area contributed by atoms with Crippen molar-refractivity contribution in [3.8, 4) is 0 Å². The fraction of sp³-hybridized carbons (Fsp3) is 0.500. The van der Waals surface area contributed by atoms with E-state index >= 15 is 0 Å². The zero-order valence-electron chi connectivity index (χ0n) is 18.2. The van der Waals surface area contributed by atoms with Crippen LogP contribution in [0.4, 0.5) is 0 Å². The predicted molar refractivity (Wildman–Crippen MR) is 116 cm³/mol. The number of unbranched alkanes of at least 4 members (excludes halogenated alkanes) is 4. The Labute approximate surface area is 186 Å². The summed E-state index contributed by atoms with van der Waals surface area (Å²) >= 11 is 0. The molecule has 1 heteroatoms. The number of hydrogen-bond acceptors (Lipinski definition) is 0. The first-order chi connectivity index (χ1) is 12.5. The average molecular weight is 527 g/mol. The molecule has 0 saturated heterocycles. The van der Waals surface area contributed by atoms with E-state index in [-0.39, 0.29) is 25.8 Å². The van der Waals surface area contributed by atoms with Crippen LogP contribution in [0, 0.1) is 40.7 Å². The zero-order valence-corrected chi connectivity index (χ0v) is 21.8. The molecule has 0 nitrogen and oxygen atoms in total. The van der Waals surface area contributed by atoms with Crippen LogP contribution in [-0.4, -0.2) is 0 Å². The fourth-order valence-electron chi connectivity index (χ4n) is 3.84. The molecule has 0 aliphatic heterocycles. The third-order valence-corrected chi connectivity index (χ3v) is 6.22. The Morgan fingerprint density at radius 1 is 0.889 bits per heavy atom. The second kappa shape index (κ2) is 11.9. The van der Waals surface area contributed by atoms with Crippen molar-refractivity contribution in [2.75, 3.05) is 0 Å². The summed E-state index contributed by atoms with van der Waals surface area (Å²) in [7, 11) is 0. The Balaban J connectivity index is 0.000000288. The number of hydrogen-bond donors (Lipinski definition) is 0. The molecule has 2 aromatic carbocycles. The van der Waals surface area contributed by atoms with Gasteiger partial charge in [-0.05, 0) is 0 Å². The second-order valence-corrected chi connectivity index (χ2v) is 7.82. The first kappa shape index (κ1) is 24.2. The van der Waals surface area contributed by atoms with Gasteiger partial charge in [0.1, 0.15) is 0 Å². The summed E-state index contributed by atoms with van der Waals surface area (Å²) in [5.74, 6) is 0.567. The van der Waals surface area contributed by atoms with E-state index in [0.717, 1.165) is 0 Å². The minimum absolute atomic E-state index is 0. The summed E-state index contributed by atoms with van der Waals surface area (Å²) in [5.41, 5.74) is 10.2. The van der Waals surface area contributed by atoms with Crippen molar-refractivity contribution in [3.05, 3.63) is 69.3 Å². The Kier molecular flexibility index (Phi) is 10.7. The largest absolute Gasteiger partial charge is 0.268 e. The maximum Gasteiger partial charge on any atom is 0 e. The number of benzene rings is 1. The van der Waals surface area contributed by atoms with Gasteiger partial charge in [-0.3, -0.25) is 6.08 Å². The maximum atomic E-state index is 3.49. The van der Waals surface area contributed by atoms with Crippen LogP contribution in [0.2, 0.25) is 0 Å². The van der Waals surface area contributed by atoms with Crippen LogP contribution in [-0.2, 0) is 25.8 Å². The third-order valence-electron chi connectivity index (χ3n) is 6.22. The quantitative estimate of drug-likeness (QED) is 0.204.